The Balaban J connectivity index is 1.02. The Morgan fingerprint density at radius 1 is 0.808 bits per heavy atom. The molecule has 0 radical (unpaired) electrons. The fourth-order valence-electron chi connectivity index (χ4n) is 6.04. The number of anilines is 1. The van der Waals surface area contributed by atoms with Gasteiger partial charge in [-0.1, -0.05) is 102 Å². The van der Waals surface area contributed by atoms with Gasteiger partial charge < -0.3 is 34.5 Å². The van der Waals surface area contributed by atoms with Crippen molar-refractivity contribution in [2.24, 2.45) is 0 Å². The summed E-state index contributed by atoms with van der Waals surface area (Å²) in [4.78, 5) is 16.9. The SMILES string of the molecule is O=C(NCc1cccc(-c2cccc(C3OC(Cn4cnc(Cl)c4Cl)CC(c4ccc(CO)cc4)O3)c2)c1)Nc1ccc(Oc2ccccc2)cc1. The van der Waals surface area contributed by atoms with E-state index in [4.69, 9.17) is 37.4 Å². The van der Waals surface area contributed by atoms with E-state index in [1.54, 1.807) is 23.0 Å². The van der Waals surface area contributed by atoms with Crippen molar-refractivity contribution in [3.63, 3.8) is 0 Å². The maximum absolute atomic E-state index is 12.7. The zero-order valence-corrected chi connectivity index (χ0v) is 29.5. The van der Waals surface area contributed by atoms with Crippen molar-refractivity contribution in [3.8, 4) is 22.6 Å². The second-order valence-corrected chi connectivity index (χ2v) is 13.1. The summed E-state index contributed by atoms with van der Waals surface area (Å²) in [5.41, 5.74) is 6.23. The molecule has 3 unspecified atom stereocenters. The lowest BCUT2D eigenvalue weighted by Gasteiger charge is -2.36. The first-order valence-electron chi connectivity index (χ1n) is 16.8. The Bertz CT molecular complexity index is 2110. The first-order chi connectivity index (χ1) is 25.4. The maximum atomic E-state index is 12.7. The van der Waals surface area contributed by atoms with Crippen LogP contribution in [0, 0.1) is 0 Å². The molecule has 264 valence electrons. The van der Waals surface area contributed by atoms with Gasteiger partial charge in [-0.2, -0.15) is 0 Å². The van der Waals surface area contributed by atoms with Crippen molar-refractivity contribution in [2.75, 3.05) is 5.32 Å². The number of carbonyl (C=O) groups excluding carboxylic acids is 1. The zero-order valence-electron chi connectivity index (χ0n) is 28.0. The smallest absolute Gasteiger partial charge is 0.319 e. The summed E-state index contributed by atoms with van der Waals surface area (Å²) in [7, 11) is 0. The number of halogens is 2. The topological polar surface area (TPSA) is 107 Å². The van der Waals surface area contributed by atoms with Crippen LogP contribution in [0.4, 0.5) is 10.5 Å². The summed E-state index contributed by atoms with van der Waals surface area (Å²) < 4.78 is 20.7. The molecule has 6 aromatic rings. The number of nitrogens with one attached hydrogen (secondary N) is 2. The molecule has 9 nitrogen and oxygen atoms in total. The van der Waals surface area contributed by atoms with Crippen LogP contribution in [-0.2, 0) is 29.2 Å². The molecule has 11 heteroatoms. The highest BCUT2D eigenvalue weighted by Crippen LogP contribution is 2.40. The summed E-state index contributed by atoms with van der Waals surface area (Å²) in [6, 6.07) is 40.3. The predicted molar refractivity (Wildman–Crippen MR) is 201 cm³/mol. The lowest BCUT2D eigenvalue weighted by atomic mass is 9.98. The number of urea groups is 1. The van der Waals surface area contributed by atoms with Crippen LogP contribution in [0.3, 0.4) is 0 Å². The third-order valence-electron chi connectivity index (χ3n) is 8.71. The largest absolute Gasteiger partial charge is 0.457 e. The van der Waals surface area contributed by atoms with E-state index in [9.17, 15) is 9.90 Å². The van der Waals surface area contributed by atoms with Crippen LogP contribution in [0.1, 0.15) is 41.1 Å². The average molecular weight is 736 g/mol. The van der Waals surface area contributed by atoms with Crippen molar-refractivity contribution in [1.29, 1.82) is 0 Å². The highest BCUT2D eigenvalue weighted by molar-refractivity contribution is 6.40. The molecule has 1 fully saturated rings. The van der Waals surface area contributed by atoms with Crippen LogP contribution < -0.4 is 15.4 Å². The minimum absolute atomic E-state index is 0.0300. The number of aliphatic hydroxyl groups excluding tert-OH is 1. The van der Waals surface area contributed by atoms with Crippen molar-refractivity contribution >= 4 is 34.9 Å². The van der Waals surface area contributed by atoms with Gasteiger partial charge in [-0.25, -0.2) is 9.78 Å². The van der Waals surface area contributed by atoms with Crippen LogP contribution in [-0.4, -0.2) is 26.8 Å². The molecule has 0 bridgehead atoms. The Kier molecular flexibility index (Phi) is 11.2. The summed E-state index contributed by atoms with van der Waals surface area (Å²) >= 11 is 12.5. The van der Waals surface area contributed by atoms with Gasteiger partial charge in [0.2, 0.25) is 0 Å². The molecule has 52 heavy (non-hydrogen) atoms. The number of hydrogen-bond donors (Lipinski definition) is 3. The molecule has 1 aliphatic heterocycles. The van der Waals surface area contributed by atoms with Gasteiger partial charge in [0.15, 0.2) is 11.4 Å². The molecule has 0 saturated carbocycles. The van der Waals surface area contributed by atoms with Gasteiger partial charge in [0.05, 0.1) is 31.7 Å². The van der Waals surface area contributed by atoms with Crippen LogP contribution in [0.2, 0.25) is 10.3 Å². The van der Waals surface area contributed by atoms with Crippen LogP contribution in [0.5, 0.6) is 11.5 Å². The predicted octanol–water partition coefficient (Wildman–Crippen LogP) is 9.71. The first-order valence-corrected chi connectivity index (χ1v) is 17.6. The molecule has 3 N–H and O–H groups in total. The summed E-state index contributed by atoms with van der Waals surface area (Å²) in [5.74, 6) is 1.42. The second kappa shape index (κ2) is 16.5. The Morgan fingerprint density at radius 3 is 2.27 bits per heavy atom. The molecule has 1 saturated heterocycles. The summed E-state index contributed by atoms with van der Waals surface area (Å²) in [5, 5.41) is 16.0. The van der Waals surface area contributed by atoms with Crippen LogP contribution in [0.15, 0.2) is 134 Å². The normalized spacial score (nSPS) is 17.0. The first kappa shape index (κ1) is 35.3. The van der Waals surface area contributed by atoms with Crippen molar-refractivity contribution in [1.82, 2.24) is 14.9 Å². The van der Waals surface area contributed by atoms with Crippen molar-refractivity contribution in [2.45, 2.75) is 44.6 Å². The number of para-hydroxylation sites is 1. The monoisotopic (exact) mass is 734 g/mol. The fraction of sp³-hybridized carbons (Fsp3) is 0.171. The van der Waals surface area contributed by atoms with E-state index < -0.39 is 6.29 Å². The van der Waals surface area contributed by atoms with E-state index in [0.717, 1.165) is 39.1 Å². The molecule has 1 aliphatic rings. The van der Waals surface area contributed by atoms with Crippen molar-refractivity contribution < 1.29 is 24.1 Å². The highest BCUT2D eigenvalue weighted by atomic mass is 35.5. The number of amides is 2. The van der Waals surface area contributed by atoms with E-state index in [2.05, 4.69) is 27.8 Å². The molecular formula is C41H36Cl2N4O5. The van der Waals surface area contributed by atoms with Gasteiger partial charge in [0.1, 0.15) is 16.7 Å². The van der Waals surface area contributed by atoms with Gasteiger partial charge in [-0.3, -0.25) is 0 Å². The van der Waals surface area contributed by atoms with Gasteiger partial charge in [-0.05, 0) is 76.3 Å². The molecule has 2 amide bonds. The third kappa shape index (κ3) is 8.82. The van der Waals surface area contributed by atoms with E-state index in [0.29, 0.717) is 36.1 Å². The lowest BCUT2D eigenvalue weighted by molar-refractivity contribution is -0.252. The van der Waals surface area contributed by atoms with Crippen LogP contribution in [0.25, 0.3) is 11.1 Å². The van der Waals surface area contributed by atoms with Gasteiger partial charge >= 0.3 is 6.03 Å². The standard InChI is InChI=1S/C41H36Cl2N4O5/c42-38-39(43)47(26-45-38)24-36-22-37(29-14-12-27(25-48)13-15-29)52-40(51-36)32-9-5-8-31(21-32)30-7-4-6-28(20-30)23-44-41(49)46-33-16-18-35(19-17-33)50-34-10-2-1-3-11-34/h1-21,26,36-37,40,48H,22-25H2,(H2,44,46,49). The highest BCUT2D eigenvalue weighted by Gasteiger charge is 2.33. The number of benzene rings is 5. The number of imidazole rings is 1. The molecule has 3 atom stereocenters. The zero-order chi connectivity index (χ0) is 35.9. The number of hydrogen-bond acceptors (Lipinski definition) is 6. The molecule has 0 aliphatic carbocycles. The van der Waals surface area contributed by atoms with Crippen molar-refractivity contribution in [3.05, 3.63) is 166 Å². The van der Waals surface area contributed by atoms with Gasteiger partial charge in [0, 0.05) is 24.2 Å². The molecule has 1 aromatic heterocycles. The fourth-order valence-corrected chi connectivity index (χ4v) is 6.35. The molecule has 7 rings (SSSR count). The molecule has 2 heterocycles. The lowest BCUT2D eigenvalue weighted by Crippen LogP contribution is -2.32. The Hall–Kier alpha value is -5.16. The Morgan fingerprint density at radius 2 is 1.54 bits per heavy atom. The third-order valence-corrected chi connectivity index (χ3v) is 9.48. The number of ether oxygens (including phenoxy) is 3. The van der Waals surface area contributed by atoms with Crippen LogP contribution >= 0.6 is 23.2 Å². The number of carbonyl (C=O) groups is 1. The quantitative estimate of drug-likeness (QED) is 0.122. The number of aliphatic hydroxyl groups is 1. The average Bonchev–Trinajstić information content (AvgIpc) is 3.50. The van der Waals surface area contributed by atoms with Gasteiger partial charge in [-0.15, -0.1) is 0 Å². The minimum atomic E-state index is -0.661. The van der Waals surface area contributed by atoms with E-state index in [1.807, 2.05) is 103 Å². The maximum Gasteiger partial charge on any atom is 0.319 e. The van der Waals surface area contributed by atoms with E-state index in [-0.39, 0.29) is 30.0 Å². The summed E-state index contributed by atoms with van der Waals surface area (Å²) in [6.45, 7) is 0.750. The minimum Gasteiger partial charge on any atom is -0.457 e. The number of rotatable bonds is 11. The molecular weight excluding hydrogens is 699 g/mol. The number of aromatic nitrogens is 2. The molecule has 5 aromatic carbocycles. The molecule has 0 spiro atoms. The second-order valence-electron chi connectivity index (χ2n) is 12.4. The number of nitrogens with zero attached hydrogens (tertiary/aromatic N) is 2. The summed E-state index contributed by atoms with van der Waals surface area (Å²) in [6.07, 6.45) is 1.01. The van der Waals surface area contributed by atoms with Gasteiger partial charge in [0.25, 0.3) is 0 Å². The van der Waals surface area contributed by atoms with E-state index >= 15 is 0 Å². The Labute approximate surface area is 311 Å². The van der Waals surface area contributed by atoms with E-state index in [1.165, 1.54) is 0 Å².